The van der Waals surface area contributed by atoms with Gasteiger partial charge in [0.1, 0.15) is 0 Å². The molecule has 0 aliphatic rings. The van der Waals surface area contributed by atoms with Gasteiger partial charge in [0, 0.05) is 34.1 Å². The van der Waals surface area contributed by atoms with E-state index in [1.54, 1.807) is 0 Å². The Balaban J connectivity index is 1.64. The van der Waals surface area contributed by atoms with Gasteiger partial charge in [0.15, 0.2) is 0 Å². The maximum atomic E-state index is 15.1. The molecule has 0 amide bonds. The van der Waals surface area contributed by atoms with E-state index in [9.17, 15) is 79.0 Å². The maximum Gasteiger partial charge on any atom is 0.417 e. The molecule has 0 unspecified atom stereocenters. The first kappa shape index (κ1) is 52.6. The Labute approximate surface area is 375 Å². The molecular weight excluding hydrogens is 1010 g/mol. The summed E-state index contributed by atoms with van der Waals surface area (Å²) in [5.74, 6) is 0. The van der Waals surface area contributed by atoms with Crippen molar-refractivity contribution in [3.05, 3.63) is 166 Å². The standard InChI is InChI=1S/C44H20F24N2/c45-37(46,47)21-1-5-27(6-2-21)69(31-15-23(39(51,52)53)13-24(16-31)40(54,55)56)29-9-11-33(35(19-29)43(63,64)65)34-12-10-30(20-36(34)44(66,67)68)70(28-7-3-22(4-8-28)38(48,49)50)32-17-25(41(57,58)59)14-26(18-32)42(60,61)62/h1-20H. The molecule has 0 saturated heterocycles. The van der Waals surface area contributed by atoms with Crippen LogP contribution < -0.4 is 9.80 Å². The Kier molecular flexibility index (Phi) is 13.2. The van der Waals surface area contributed by atoms with Gasteiger partial charge in [0.25, 0.3) is 0 Å². The Morgan fingerprint density at radius 3 is 0.643 bits per heavy atom. The van der Waals surface area contributed by atoms with E-state index in [0.29, 0.717) is 36.4 Å². The Morgan fingerprint density at radius 1 is 0.200 bits per heavy atom. The van der Waals surface area contributed by atoms with Gasteiger partial charge in [-0.1, -0.05) is 12.1 Å². The lowest BCUT2D eigenvalue weighted by Gasteiger charge is -2.30. The van der Waals surface area contributed by atoms with E-state index in [4.69, 9.17) is 0 Å². The summed E-state index contributed by atoms with van der Waals surface area (Å²) < 4.78 is 339. The van der Waals surface area contributed by atoms with Crippen LogP contribution in [0, 0.1) is 0 Å². The molecule has 0 bridgehead atoms. The van der Waals surface area contributed by atoms with Gasteiger partial charge in [-0.05, 0) is 120 Å². The average molecular weight is 1030 g/mol. The minimum absolute atomic E-state index is 0.0287. The largest absolute Gasteiger partial charge is 0.417 e. The predicted octanol–water partition coefficient (Wildman–Crippen LogP) is 18.4. The number of rotatable bonds is 7. The molecule has 374 valence electrons. The predicted molar refractivity (Wildman–Crippen MR) is 201 cm³/mol. The zero-order valence-electron chi connectivity index (χ0n) is 33.5. The van der Waals surface area contributed by atoms with Crippen LogP contribution in [-0.4, -0.2) is 0 Å². The lowest BCUT2D eigenvalue weighted by atomic mass is 9.93. The molecule has 6 aromatic rings. The normalized spacial score (nSPS) is 13.4. The van der Waals surface area contributed by atoms with Crippen LogP contribution in [0.1, 0.15) is 44.5 Å². The van der Waals surface area contributed by atoms with Gasteiger partial charge in [0.2, 0.25) is 0 Å². The molecule has 0 heterocycles. The van der Waals surface area contributed by atoms with Crippen molar-refractivity contribution in [3.8, 4) is 11.1 Å². The SMILES string of the molecule is FC(F)(F)c1ccc(N(c2cc(C(F)(F)F)cc(C(F)(F)F)c2)c2ccc(-c3ccc(N(c4ccc(C(F)(F)F)cc4)c4cc(C(F)(F)F)cc(C(F)(F)F)c4)cc3C(F)(F)F)c(C(F)(F)F)c2)cc1. The molecule has 6 aromatic carbocycles. The van der Waals surface area contributed by atoms with Crippen LogP contribution in [0.2, 0.25) is 0 Å². The third-order valence-corrected chi connectivity index (χ3v) is 9.99. The Hall–Kier alpha value is -6.76. The van der Waals surface area contributed by atoms with Gasteiger partial charge in [-0.3, -0.25) is 0 Å². The third kappa shape index (κ3) is 11.5. The van der Waals surface area contributed by atoms with Gasteiger partial charge in [0.05, 0.1) is 44.5 Å². The molecule has 0 N–H and O–H groups in total. The van der Waals surface area contributed by atoms with Gasteiger partial charge < -0.3 is 9.80 Å². The molecular formula is C44H20F24N2. The van der Waals surface area contributed by atoms with Crippen molar-refractivity contribution >= 4 is 34.1 Å². The summed E-state index contributed by atoms with van der Waals surface area (Å²) in [4.78, 5) is 0.368. The monoisotopic (exact) mass is 1030 g/mol. The van der Waals surface area contributed by atoms with Crippen LogP contribution >= 0.6 is 0 Å². The molecule has 0 saturated carbocycles. The molecule has 0 aromatic heterocycles. The van der Waals surface area contributed by atoms with Crippen LogP contribution in [-0.2, 0) is 49.4 Å². The number of anilines is 6. The summed E-state index contributed by atoms with van der Waals surface area (Å²) in [7, 11) is 0. The van der Waals surface area contributed by atoms with Gasteiger partial charge >= 0.3 is 49.4 Å². The van der Waals surface area contributed by atoms with E-state index >= 15 is 26.3 Å². The molecule has 0 fully saturated rings. The van der Waals surface area contributed by atoms with Crippen molar-refractivity contribution in [1.82, 2.24) is 0 Å². The fraction of sp³-hybridized carbons (Fsp3) is 0.182. The first-order chi connectivity index (χ1) is 31.7. The molecule has 70 heavy (non-hydrogen) atoms. The van der Waals surface area contributed by atoms with E-state index in [0.717, 1.165) is 0 Å². The van der Waals surface area contributed by atoms with Crippen molar-refractivity contribution in [3.63, 3.8) is 0 Å². The summed E-state index contributed by atoms with van der Waals surface area (Å²) >= 11 is 0. The second-order valence-electron chi connectivity index (χ2n) is 14.7. The number of nitrogens with zero attached hydrogens (tertiary/aromatic N) is 2. The summed E-state index contributed by atoms with van der Waals surface area (Å²) in [6.45, 7) is 0. The smallest absolute Gasteiger partial charge is 0.310 e. The second kappa shape index (κ2) is 17.6. The van der Waals surface area contributed by atoms with Crippen molar-refractivity contribution in [2.75, 3.05) is 9.80 Å². The molecule has 0 radical (unpaired) electrons. The molecule has 2 nitrogen and oxygen atoms in total. The molecule has 0 spiro atoms. The van der Waals surface area contributed by atoms with Crippen LogP contribution in [0.4, 0.5) is 139 Å². The minimum atomic E-state index is -5.85. The molecule has 0 aliphatic heterocycles. The van der Waals surface area contributed by atoms with Crippen molar-refractivity contribution in [1.29, 1.82) is 0 Å². The highest BCUT2D eigenvalue weighted by atomic mass is 19.4. The van der Waals surface area contributed by atoms with Crippen molar-refractivity contribution < 1.29 is 105 Å². The quantitative estimate of drug-likeness (QED) is 0.147. The second-order valence-corrected chi connectivity index (χ2v) is 14.7. The van der Waals surface area contributed by atoms with Crippen LogP contribution in [0.3, 0.4) is 0 Å². The molecule has 26 heteroatoms. The number of hydrogen-bond donors (Lipinski definition) is 0. The van der Waals surface area contributed by atoms with Crippen LogP contribution in [0.15, 0.2) is 121 Å². The van der Waals surface area contributed by atoms with E-state index in [1.165, 1.54) is 0 Å². The van der Waals surface area contributed by atoms with Gasteiger partial charge in [-0.15, -0.1) is 0 Å². The summed E-state index contributed by atoms with van der Waals surface area (Å²) in [6.07, 6.45) is -44.3. The topological polar surface area (TPSA) is 6.48 Å². The zero-order valence-corrected chi connectivity index (χ0v) is 33.5. The summed E-state index contributed by atoms with van der Waals surface area (Å²) in [6, 6.07) is 2.87. The van der Waals surface area contributed by atoms with Crippen molar-refractivity contribution in [2.24, 2.45) is 0 Å². The number of halogens is 24. The molecule has 6 rings (SSSR count). The maximum absolute atomic E-state index is 15.1. The number of hydrogen-bond acceptors (Lipinski definition) is 2. The number of benzene rings is 6. The molecule has 0 aliphatic carbocycles. The fourth-order valence-electron chi connectivity index (χ4n) is 6.91. The molecule has 0 atom stereocenters. The first-order valence-corrected chi connectivity index (χ1v) is 18.7. The van der Waals surface area contributed by atoms with Crippen LogP contribution in [0.25, 0.3) is 11.1 Å². The Bertz CT molecular complexity index is 2600. The highest BCUT2D eigenvalue weighted by Gasteiger charge is 2.43. The first-order valence-electron chi connectivity index (χ1n) is 18.7. The van der Waals surface area contributed by atoms with Crippen molar-refractivity contribution in [2.45, 2.75) is 49.4 Å². The van der Waals surface area contributed by atoms with E-state index in [2.05, 4.69) is 0 Å². The zero-order chi connectivity index (χ0) is 52.5. The minimum Gasteiger partial charge on any atom is -0.310 e. The van der Waals surface area contributed by atoms with E-state index < -0.39 is 151 Å². The lowest BCUT2D eigenvalue weighted by Crippen LogP contribution is -2.18. The van der Waals surface area contributed by atoms with E-state index in [1.807, 2.05) is 0 Å². The summed E-state index contributed by atoms with van der Waals surface area (Å²) in [5.41, 5.74) is -25.0. The average Bonchev–Trinajstić information content (AvgIpc) is 3.21. The Morgan fingerprint density at radius 2 is 0.429 bits per heavy atom. The highest BCUT2D eigenvalue weighted by molar-refractivity contribution is 5.84. The fourth-order valence-corrected chi connectivity index (χ4v) is 6.91. The number of alkyl halides is 24. The van der Waals surface area contributed by atoms with Gasteiger partial charge in [-0.25, -0.2) is 0 Å². The van der Waals surface area contributed by atoms with Crippen LogP contribution in [0.5, 0.6) is 0 Å². The van der Waals surface area contributed by atoms with E-state index in [-0.39, 0.29) is 82.6 Å². The lowest BCUT2D eigenvalue weighted by molar-refractivity contribution is -0.144. The highest BCUT2D eigenvalue weighted by Crippen LogP contribution is 2.50. The summed E-state index contributed by atoms with van der Waals surface area (Å²) in [5, 5.41) is 0. The third-order valence-electron chi connectivity index (χ3n) is 9.99. The van der Waals surface area contributed by atoms with Gasteiger partial charge in [-0.2, -0.15) is 105 Å².